The molecule has 0 spiro atoms. The second-order valence-electron chi connectivity index (χ2n) is 6.93. The number of nitrogens with one attached hydrogen (secondary N) is 1. The van der Waals surface area contributed by atoms with Gasteiger partial charge in [0.25, 0.3) is 5.91 Å². The largest absolute Gasteiger partial charge is 0.475 e. The first-order chi connectivity index (χ1) is 15.4. The second-order valence-corrected chi connectivity index (χ2v) is 7.85. The minimum absolute atomic E-state index is 0.0398. The average molecular weight is 490 g/mol. The summed E-state index contributed by atoms with van der Waals surface area (Å²) < 4.78 is 8.13. The number of aromatic nitrogens is 1. The molecule has 2 aromatic heterocycles. The summed E-state index contributed by atoms with van der Waals surface area (Å²) in [5.41, 5.74) is 2.08. The Hall–Kier alpha value is -4.09. The molecular weight excluding hydrogens is 474 g/mol. The Balaban J connectivity index is 1.66. The van der Waals surface area contributed by atoms with Gasteiger partial charge in [-0.2, -0.15) is 5.26 Å². The van der Waals surface area contributed by atoms with Crippen LogP contribution in [0.25, 0.3) is 17.0 Å². The topological polar surface area (TPSA) is 108 Å². The van der Waals surface area contributed by atoms with E-state index in [0.717, 1.165) is 15.4 Å². The van der Waals surface area contributed by atoms with E-state index >= 15 is 0 Å². The molecule has 0 aliphatic heterocycles. The number of para-hydroxylation sites is 1. The highest BCUT2D eigenvalue weighted by Gasteiger charge is 2.15. The van der Waals surface area contributed by atoms with Crippen molar-refractivity contribution >= 4 is 50.5 Å². The highest BCUT2D eigenvalue weighted by atomic mass is 79.9. The van der Waals surface area contributed by atoms with Gasteiger partial charge in [0.2, 0.25) is 5.76 Å². The molecular formula is C24H16BrN3O4. The number of carbonyl (C=O) groups is 2. The lowest BCUT2D eigenvalue weighted by molar-refractivity contribution is -0.112. The molecule has 158 valence electrons. The first-order valence-corrected chi connectivity index (χ1v) is 10.3. The zero-order valence-corrected chi connectivity index (χ0v) is 18.2. The monoisotopic (exact) mass is 489 g/mol. The molecule has 8 heteroatoms. The van der Waals surface area contributed by atoms with Crippen LogP contribution in [0.15, 0.2) is 81.3 Å². The number of hydrogen-bond acceptors (Lipinski definition) is 4. The van der Waals surface area contributed by atoms with Gasteiger partial charge in [-0.1, -0.05) is 34.1 Å². The summed E-state index contributed by atoms with van der Waals surface area (Å²) in [6, 6.07) is 19.6. The molecule has 0 atom stereocenters. The van der Waals surface area contributed by atoms with E-state index in [4.69, 9.17) is 9.52 Å². The third-order valence-electron chi connectivity index (χ3n) is 4.79. The molecule has 0 saturated heterocycles. The van der Waals surface area contributed by atoms with Crippen LogP contribution in [0.3, 0.4) is 0 Å². The van der Waals surface area contributed by atoms with Gasteiger partial charge in [0.05, 0.1) is 6.54 Å². The van der Waals surface area contributed by atoms with E-state index in [0.29, 0.717) is 23.6 Å². The number of furan rings is 1. The molecule has 2 aromatic carbocycles. The van der Waals surface area contributed by atoms with E-state index in [-0.39, 0.29) is 11.3 Å². The fraction of sp³-hybridized carbons (Fsp3) is 0.0417. The number of halogens is 1. The van der Waals surface area contributed by atoms with Crippen LogP contribution < -0.4 is 5.32 Å². The molecule has 2 heterocycles. The average Bonchev–Trinajstić information content (AvgIpc) is 3.39. The summed E-state index contributed by atoms with van der Waals surface area (Å²) in [4.78, 5) is 23.7. The van der Waals surface area contributed by atoms with Crippen molar-refractivity contribution in [3.05, 3.63) is 94.0 Å². The summed E-state index contributed by atoms with van der Waals surface area (Å²) in [5, 5.41) is 22.2. The van der Waals surface area contributed by atoms with Gasteiger partial charge in [-0.15, -0.1) is 0 Å². The predicted molar refractivity (Wildman–Crippen MR) is 123 cm³/mol. The molecule has 32 heavy (non-hydrogen) atoms. The number of amides is 1. The van der Waals surface area contributed by atoms with Gasteiger partial charge < -0.3 is 19.4 Å². The molecule has 0 aliphatic carbocycles. The second kappa shape index (κ2) is 8.96. The number of aromatic carboxylic acids is 1. The standard InChI is InChI=1S/C24H16BrN3O4/c25-17-5-7-18(8-6-17)27-23(29)15(12-26)11-16-13-28(21-4-2-1-3-20(16)21)14-19-9-10-22(32-19)24(30)31/h1-11,13H,14H2,(H,27,29)(H,30,31)/b15-11-. The van der Waals surface area contributed by atoms with Crippen LogP contribution in [0.2, 0.25) is 0 Å². The first-order valence-electron chi connectivity index (χ1n) is 9.53. The molecule has 1 amide bonds. The Morgan fingerprint density at radius 1 is 1.12 bits per heavy atom. The highest BCUT2D eigenvalue weighted by Crippen LogP contribution is 2.25. The third-order valence-corrected chi connectivity index (χ3v) is 5.31. The normalized spacial score (nSPS) is 11.3. The van der Waals surface area contributed by atoms with Crippen molar-refractivity contribution in [3.8, 4) is 6.07 Å². The number of carboxylic acids is 1. The van der Waals surface area contributed by atoms with E-state index in [1.54, 1.807) is 36.5 Å². The first kappa shape index (κ1) is 21.2. The van der Waals surface area contributed by atoms with Crippen LogP contribution in [0.4, 0.5) is 5.69 Å². The van der Waals surface area contributed by atoms with Crippen LogP contribution >= 0.6 is 15.9 Å². The quantitative estimate of drug-likeness (QED) is 0.282. The molecule has 0 bridgehead atoms. The van der Waals surface area contributed by atoms with E-state index in [9.17, 15) is 14.9 Å². The van der Waals surface area contributed by atoms with E-state index in [1.165, 1.54) is 12.1 Å². The Labute approximate surface area is 191 Å². The molecule has 0 aliphatic rings. The predicted octanol–water partition coefficient (Wildman–Crippen LogP) is 5.29. The van der Waals surface area contributed by atoms with Crippen LogP contribution in [0, 0.1) is 11.3 Å². The van der Waals surface area contributed by atoms with Gasteiger partial charge in [-0.25, -0.2) is 4.79 Å². The van der Waals surface area contributed by atoms with Crippen molar-refractivity contribution in [2.45, 2.75) is 6.54 Å². The van der Waals surface area contributed by atoms with Crippen LogP contribution in [-0.4, -0.2) is 21.6 Å². The number of fused-ring (bicyclic) bond motifs is 1. The maximum absolute atomic E-state index is 12.6. The zero-order chi connectivity index (χ0) is 22.7. The molecule has 4 aromatic rings. The Kier molecular flexibility index (Phi) is 5.92. The fourth-order valence-corrected chi connectivity index (χ4v) is 3.57. The lowest BCUT2D eigenvalue weighted by Crippen LogP contribution is -2.13. The number of hydrogen-bond donors (Lipinski definition) is 2. The molecule has 0 fully saturated rings. The summed E-state index contributed by atoms with van der Waals surface area (Å²) in [7, 11) is 0. The number of carboxylic acid groups (broad SMARTS) is 1. The van der Waals surface area contributed by atoms with E-state index in [2.05, 4.69) is 21.2 Å². The summed E-state index contributed by atoms with van der Waals surface area (Å²) in [6.45, 7) is 0.300. The van der Waals surface area contributed by atoms with Crippen molar-refractivity contribution in [3.63, 3.8) is 0 Å². The molecule has 0 saturated carbocycles. The zero-order valence-electron chi connectivity index (χ0n) is 16.6. The number of rotatable bonds is 6. The molecule has 2 N–H and O–H groups in total. The van der Waals surface area contributed by atoms with Crippen molar-refractivity contribution < 1.29 is 19.1 Å². The number of nitriles is 1. The van der Waals surface area contributed by atoms with Crippen LogP contribution in [0.5, 0.6) is 0 Å². The smallest absolute Gasteiger partial charge is 0.371 e. The van der Waals surface area contributed by atoms with Gasteiger partial charge in [0.15, 0.2) is 0 Å². The molecule has 4 rings (SSSR count). The number of benzene rings is 2. The highest BCUT2D eigenvalue weighted by molar-refractivity contribution is 9.10. The summed E-state index contributed by atoms with van der Waals surface area (Å²) in [6.07, 6.45) is 3.34. The fourth-order valence-electron chi connectivity index (χ4n) is 3.30. The van der Waals surface area contributed by atoms with Crippen molar-refractivity contribution in [1.29, 1.82) is 5.26 Å². The Morgan fingerprint density at radius 2 is 1.88 bits per heavy atom. The van der Waals surface area contributed by atoms with Crippen molar-refractivity contribution in [2.24, 2.45) is 0 Å². The minimum atomic E-state index is -1.13. The number of carbonyl (C=O) groups excluding carboxylic acids is 1. The van der Waals surface area contributed by atoms with Gasteiger partial charge in [-0.3, -0.25) is 4.79 Å². The Morgan fingerprint density at radius 3 is 2.56 bits per heavy atom. The summed E-state index contributed by atoms with van der Waals surface area (Å²) >= 11 is 3.34. The molecule has 7 nitrogen and oxygen atoms in total. The molecule has 0 unspecified atom stereocenters. The van der Waals surface area contributed by atoms with E-state index < -0.39 is 11.9 Å². The van der Waals surface area contributed by atoms with Crippen LogP contribution in [0.1, 0.15) is 21.9 Å². The maximum atomic E-state index is 12.6. The third kappa shape index (κ3) is 4.48. The number of nitrogens with zero attached hydrogens (tertiary/aromatic N) is 2. The van der Waals surface area contributed by atoms with Gasteiger partial charge in [-0.05, 0) is 48.5 Å². The van der Waals surface area contributed by atoms with Gasteiger partial charge >= 0.3 is 5.97 Å². The number of anilines is 1. The van der Waals surface area contributed by atoms with Gasteiger partial charge in [0, 0.05) is 32.8 Å². The van der Waals surface area contributed by atoms with E-state index in [1.807, 2.05) is 34.9 Å². The lowest BCUT2D eigenvalue weighted by Gasteiger charge is -2.04. The lowest BCUT2D eigenvalue weighted by atomic mass is 10.1. The van der Waals surface area contributed by atoms with Gasteiger partial charge in [0.1, 0.15) is 17.4 Å². The van der Waals surface area contributed by atoms with Crippen LogP contribution in [-0.2, 0) is 11.3 Å². The van der Waals surface area contributed by atoms with Crippen molar-refractivity contribution in [2.75, 3.05) is 5.32 Å². The molecule has 0 radical (unpaired) electrons. The van der Waals surface area contributed by atoms with Crippen molar-refractivity contribution in [1.82, 2.24) is 4.57 Å². The Bertz CT molecular complexity index is 1390. The summed E-state index contributed by atoms with van der Waals surface area (Å²) in [5.74, 6) is -1.29. The SMILES string of the molecule is N#C/C(=C/c1cn(Cc2ccc(C(=O)O)o2)c2ccccc12)C(=O)Nc1ccc(Br)cc1. The minimum Gasteiger partial charge on any atom is -0.475 e. The maximum Gasteiger partial charge on any atom is 0.371 e.